The first kappa shape index (κ1) is 35.1. The van der Waals surface area contributed by atoms with Crippen molar-refractivity contribution in [1.29, 1.82) is 0 Å². The Hall–Kier alpha value is -4.72. The number of nitrogens with one attached hydrogen (secondary N) is 2. The molecule has 13 nitrogen and oxygen atoms in total. The van der Waals surface area contributed by atoms with Gasteiger partial charge in [0.1, 0.15) is 17.7 Å². The molecule has 4 atom stereocenters. The van der Waals surface area contributed by atoms with Crippen molar-refractivity contribution in [2.24, 2.45) is 0 Å². The Morgan fingerprint density at radius 2 is 1.79 bits per heavy atom. The second-order valence-corrected chi connectivity index (χ2v) is 12.4. The van der Waals surface area contributed by atoms with Crippen LogP contribution in [-0.4, -0.2) is 93.5 Å². The Bertz CT molecular complexity index is 1770. The summed E-state index contributed by atoms with van der Waals surface area (Å²) < 4.78 is 16.5. The lowest BCUT2D eigenvalue weighted by Gasteiger charge is -2.44. The van der Waals surface area contributed by atoms with Gasteiger partial charge in [0, 0.05) is 38.4 Å². The minimum atomic E-state index is -0.898. The van der Waals surface area contributed by atoms with Crippen LogP contribution in [0.5, 0.6) is 0 Å². The van der Waals surface area contributed by atoms with E-state index in [-0.39, 0.29) is 58.0 Å². The van der Waals surface area contributed by atoms with E-state index < -0.39 is 29.5 Å². The number of amides is 3. The number of halogens is 1. The molecule has 2 unspecified atom stereocenters. The number of carbonyl (C=O) groups is 3. The van der Waals surface area contributed by atoms with Gasteiger partial charge in [0.05, 0.1) is 34.2 Å². The number of aromatic nitrogens is 4. The highest BCUT2D eigenvalue weighted by Crippen LogP contribution is 2.34. The van der Waals surface area contributed by atoms with E-state index in [0.29, 0.717) is 24.5 Å². The van der Waals surface area contributed by atoms with Gasteiger partial charge < -0.3 is 25.3 Å². The maximum absolute atomic E-state index is 15.3. The van der Waals surface area contributed by atoms with Crippen LogP contribution in [0.25, 0.3) is 16.7 Å². The summed E-state index contributed by atoms with van der Waals surface area (Å²) in [4.78, 5) is 71.5. The number of fused-ring (bicyclic) bond motifs is 1. The number of nitrogens with zero attached hydrogens (tertiary/aromatic N) is 7. The molecule has 4 heterocycles. The van der Waals surface area contributed by atoms with Crippen molar-refractivity contribution in [3.8, 4) is 5.69 Å². The predicted octanol–water partition coefficient (Wildman–Crippen LogP) is 2.43. The van der Waals surface area contributed by atoms with E-state index in [1.54, 1.807) is 45.1 Å². The average molecular weight is 650 g/mol. The van der Waals surface area contributed by atoms with Gasteiger partial charge in [-0.15, -0.1) is 0 Å². The minimum Gasteiger partial charge on any atom is -0.349 e. The van der Waals surface area contributed by atoms with Crippen LogP contribution >= 0.6 is 0 Å². The van der Waals surface area contributed by atoms with Crippen LogP contribution in [0.3, 0.4) is 0 Å². The van der Waals surface area contributed by atoms with Gasteiger partial charge in [0.15, 0.2) is 5.65 Å². The number of anilines is 2. The van der Waals surface area contributed by atoms with Crippen molar-refractivity contribution >= 4 is 40.3 Å². The first-order valence-corrected chi connectivity index (χ1v) is 15.7. The zero-order valence-corrected chi connectivity index (χ0v) is 28.5. The number of carbonyl (C=O) groups excluding carboxylic acids is 3. The van der Waals surface area contributed by atoms with Crippen LogP contribution in [0.4, 0.5) is 15.9 Å². The van der Waals surface area contributed by atoms with Gasteiger partial charge >= 0.3 is 5.69 Å². The Kier molecular flexibility index (Phi) is 10.4. The topological polar surface area (TPSA) is 146 Å². The van der Waals surface area contributed by atoms with E-state index in [1.165, 1.54) is 28.5 Å². The zero-order valence-electron chi connectivity index (χ0n) is 28.5. The highest BCUT2D eigenvalue weighted by Gasteiger charge is 2.34. The Balaban J connectivity index is 1.93. The molecule has 1 aliphatic heterocycles. The Morgan fingerprint density at radius 1 is 1.11 bits per heavy atom. The Morgan fingerprint density at radius 3 is 2.40 bits per heavy atom. The maximum Gasteiger partial charge on any atom is 0.355 e. The minimum absolute atomic E-state index is 0.0709. The van der Waals surface area contributed by atoms with Crippen LogP contribution in [0.2, 0.25) is 0 Å². The average Bonchev–Trinajstić information content (AvgIpc) is 3.04. The molecule has 3 aromatic rings. The molecule has 0 bridgehead atoms. The van der Waals surface area contributed by atoms with Crippen LogP contribution in [0, 0.1) is 12.7 Å². The number of rotatable bonds is 9. The zero-order chi connectivity index (χ0) is 34.9. The smallest absolute Gasteiger partial charge is 0.349 e. The second kappa shape index (κ2) is 14.0. The number of likely N-dealkylation sites (N-methyl/N-ethyl adjacent to an activating group) is 2. The van der Waals surface area contributed by atoms with Gasteiger partial charge in [-0.3, -0.25) is 19.4 Å². The predicted molar refractivity (Wildman–Crippen MR) is 179 cm³/mol. The first-order valence-electron chi connectivity index (χ1n) is 15.7. The molecule has 0 aromatic carbocycles. The van der Waals surface area contributed by atoms with Gasteiger partial charge in [0.25, 0.3) is 0 Å². The van der Waals surface area contributed by atoms with E-state index in [9.17, 15) is 19.2 Å². The van der Waals surface area contributed by atoms with Gasteiger partial charge in [-0.2, -0.15) is 4.98 Å². The lowest BCUT2D eigenvalue weighted by molar-refractivity contribution is -0.128. The van der Waals surface area contributed by atoms with Gasteiger partial charge in [-0.1, -0.05) is 20.4 Å². The number of hydrogen-bond donors (Lipinski definition) is 2. The lowest BCUT2D eigenvalue weighted by Crippen LogP contribution is -2.58. The monoisotopic (exact) mass is 649 g/mol. The molecule has 2 N–H and O–H groups in total. The molecule has 1 saturated heterocycles. The molecule has 0 saturated carbocycles. The number of aryl methyl sites for hydroxylation is 1. The summed E-state index contributed by atoms with van der Waals surface area (Å²) in [6.45, 7) is 16.7. The third kappa shape index (κ3) is 6.73. The van der Waals surface area contributed by atoms with Crippen LogP contribution < -0.4 is 26.1 Å². The SMILES string of the molecule is C=CC(=O)N1C[C@H](C)N(c2nc(=O)n(-c3c(N(C)C(=O)C(C)NC(=O)C(C)NC)ccnc3C(C)C)c3nc(C)c(F)cc23)C[C@H]1C. The molecule has 4 rings (SSSR count). The molecule has 0 radical (unpaired) electrons. The fraction of sp³-hybridized carbons (Fsp3) is 0.485. The van der Waals surface area contributed by atoms with Crippen molar-refractivity contribution in [3.63, 3.8) is 0 Å². The molecule has 1 fully saturated rings. The van der Waals surface area contributed by atoms with Crippen molar-refractivity contribution < 1.29 is 18.8 Å². The molecule has 47 heavy (non-hydrogen) atoms. The molecular formula is C33H44FN9O4. The number of hydrogen-bond acceptors (Lipinski definition) is 9. The van der Waals surface area contributed by atoms with Crippen molar-refractivity contribution in [2.75, 3.05) is 37.0 Å². The van der Waals surface area contributed by atoms with E-state index in [1.807, 2.05) is 32.6 Å². The lowest BCUT2D eigenvalue weighted by atomic mass is 10.0. The number of pyridine rings is 2. The molecule has 3 amide bonds. The summed E-state index contributed by atoms with van der Waals surface area (Å²) in [5.41, 5.74) is 0.610. The van der Waals surface area contributed by atoms with Crippen LogP contribution in [-0.2, 0) is 14.4 Å². The molecule has 0 spiro atoms. The van der Waals surface area contributed by atoms with E-state index in [4.69, 9.17) is 0 Å². The summed E-state index contributed by atoms with van der Waals surface area (Å²) in [7, 11) is 3.20. The quantitative estimate of drug-likeness (QED) is 0.334. The van der Waals surface area contributed by atoms with Gasteiger partial charge in [0.2, 0.25) is 17.7 Å². The second-order valence-electron chi connectivity index (χ2n) is 12.4. The summed E-state index contributed by atoms with van der Waals surface area (Å²) in [5.74, 6) is -1.52. The van der Waals surface area contributed by atoms with E-state index in [2.05, 4.69) is 32.2 Å². The molecule has 14 heteroatoms. The van der Waals surface area contributed by atoms with E-state index in [0.717, 1.165) is 0 Å². The third-order valence-electron chi connectivity index (χ3n) is 8.64. The fourth-order valence-corrected chi connectivity index (χ4v) is 5.78. The van der Waals surface area contributed by atoms with Crippen LogP contribution in [0.15, 0.2) is 35.8 Å². The van der Waals surface area contributed by atoms with Crippen molar-refractivity contribution in [3.05, 3.63) is 58.7 Å². The summed E-state index contributed by atoms with van der Waals surface area (Å²) in [6, 6.07) is 0.998. The first-order chi connectivity index (χ1) is 22.1. The summed E-state index contributed by atoms with van der Waals surface area (Å²) >= 11 is 0. The van der Waals surface area contributed by atoms with Gasteiger partial charge in [-0.05, 0) is 65.8 Å². The maximum atomic E-state index is 15.3. The third-order valence-corrected chi connectivity index (χ3v) is 8.64. The highest BCUT2D eigenvalue weighted by atomic mass is 19.1. The largest absolute Gasteiger partial charge is 0.355 e. The molecular weight excluding hydrogens is 605 g/mol. The van der Waals surface area contributed by atoms with E-state index >= 15 is 4.39 Å². The molecule has 3 aromatic heterocycles. The van der Waals surface area contributed by atoms with Gasteiger partial charge in [-0.25, -0.2) is 18.7 Å². The summed E-state index contributed by atoms with van der Waals surface area (Å²) in [5, 5.41) is 5.85. The highest BCUT2D eigenvalue weighted by molar-refractivity contribution is 6.01. The normalized spacial score (nSPS) is 17.9. The van der Waals surface area contributed by atoms with Crippen molar-refractivity contribution in [1.82, 2.24) is 35.1 Å². The summed E-state index contributed by atoms with van der Waals surface area (Å²) in [6.07, 6.45) is 2.82. The molecule has 252 valence electrons. The van der Waals surface area contributed by atoms with Crippen LogP contribution in [0.1, 0.15) is 58.8 Å². The standard InChI is InChI=1S/C33H44FN9O4/c1-11-26(44)41-15-19(5)42(16-18(41)4)29-23-14-24(34)20(6)37-30(23)43(33(47)39-29)28-25(12-13-36-27(28)17(2)3)40(10)32(46)22(8)38-31(45)21(7)35-9/h11-14,17-19,21-22,35H,1,15-16H2,2-10H3,(H,38,45)/t18-,19+,21?,22?/m1/s1. The number of piperazine rings is 1. The molecule has 0 aliphatic carbocycles. The van der Waals surface area contributed by atoms with Crippen molar-refractivity contribution in [2.45, 2.75) is 78.6 Å². The Labute approximate surface area is 273 Å². The fourth-order valence-electron chi connectivity index (χ4n) is 5.78. The molecule has 1 aliphatic rings.